The second kappa shape index (κ2) is 9.14. The first kappa shape index (κ1) is 20.8. The number of amides is 1. The van der Waals surface area contributed by atoms with Gasteiger partial charge in [0.1, 0.15) is 6.54 Å². The predicted molar refractivity (Wildman–Crippen MR) is 124 cm³/mol. The zero-order chi connectivity index (χ0) is 21.8. The van der Waals surface area contributed by atoms with E-state index in [1.54, 1.807) is 30.9 Å². The van der Waals surface area contributed by atoms with E-state index in [0.29, 0.717) is 11.5 Å². The fourth-order valence-corrected chi connectivity index (χ4v) is 4.46. The van der Waals surface area contributed by atoms with Crippen LogP contribution in [0.25, 0.3) is 0 Å². The Kier molecular flexibility index (Phi) is 6.13. The minimum absolute atomic E-state index is 0.0674. The van der Waals surface area contributed by atoms with Crippen molar-refractivity contribution in [3.05, 3.63) is 72.3 Å². The maximum absolute atomic E-state index is 13.2. The van der Waals surface area contributed by atoms with E-state index in [1.165, 1.54) is 0 Å². The van der Waals surface area contributed by atoms with E-state index >= 15 is 0 Å². The van der Waals surface area contributed by atoms with Gasteiger partial charge in [0.15, 0.2) is 11.5 Å². The summed E-state index contributed by atoms with van der Waals surface area (Å²) in [5.41, 5.74) is 6.32. The molecule has 0 saturated heterocycles. The number of carbonyl (C=O) groups excluding carboxylic acids is 1. The third-order valence-corrected chi connectivity index (χ3v) is 6.09. The van der Waals surface area contributed by atoms with E-state index in [-0.39, 0.29) is 12.5 Å². The van der Waals surface area contributed by atoms with Crippen LogP contribution in [0.1, 0.15) is 12.5 Å². The van der Waals surface area contributed by atoms with Crippen LogP contribution in [0.2, 0.25) is 0 Å². The highest BCUT2D eigenvalue weighted by molar-refractivity contribution is 7.99. The van der Waals surface area contributed by atoms with Crippen molar-refractivity contribution in [3.63, 3.8) is 0 Å². The molecule has 4 rings (SSSR count). The first-order valence-electron chi connectivity index (χ1n) is 9.80. The molecule has 0 fully saturated rings. The number of nitrogens with one attached hydrogen (secondary N) is 1. The third kappa shape index (κ3) is 4.22. The molecule has 1 heterocycles. The lowest BCUT2D eigenvalue weighted by molar-refractivity contribution is -0.117. The number of nitrogens with zero attached hydrogens (tertiary/aromatic N) is 2. The summed E-state index contributed by atoms with van der Waals surface area (Å²) < 4.78 is 10.6. The van der Waals surface area contributed by atoms with Gasteiger partial charge in [-0.25, -0.2) is 0 Å². The highest BCUT2D eigenvalue weighted by Gasteiger charge is 2.27. The van der Waals surface area contributed by atoms with Crippen molar-refractivity contribution in [1.82, 2.24) is 5.43 Å². The van der Waals surface area contributed by atoms with E-state index in [0.717, 1.165) is 32.4 Å². The first-order chi connectivity index (χ1) is 15.1. The molecule has 1 aliphatic rings. The molecule has 1 amide bonds. The van der Waals surface area contributed by atoms with Crippen molar-refractivity contribution in [2.24, 2.45) is 5.10 Å². The van der Waals surface area contributed by atoms with Gasteiger partial charge >= 0.3 is 0 Å². The second-order valence-electron chi connectivity index (χ2n) is 6.87. The van der Waals surface area contributed by atoms with Gasteiger partial charge in [-0.1, -0.05) is 36.0 Å². The SMILES string of the molecule is COc1ccc(/C(C)=N/NCC(=O)N2c3ccccc3Sc3ccccc32)cc1OC. The zero-order valence-corrected chi connectivity index (χ0v) is 18.4. The molecule has 7 heteroatoms. The predicted octanol–water partition coefficient (Wildman–Crippen LogP) is 4.85. The summed E-state index contributed by atoms with van der Waals surface area (Å²) in [4.78, 5) is 17.0. The molecule has 31 heavy (non-hydrogen) atoms. The van der Waals surface area contributed by atoms with Crippen LogP contribution >= 0.6 is 11.8 Å². The summed E-state index contributed by atoms with van der Waals surface area (Å²) in [7, 11) is 3.19. The number of methoxy groups -OCH3 is 2. The van der Waals surface area contributed by atoms with Crippen LogP contribution < -0.4 is 19.8 Å². The smallest absolute Gasteiger partial charge is 0.252 e. The lowest BCUT2D eigenvalue weighted by Gasteiger charge is -2.30. The largest absolute Gasteiger partial charge is 0.493 e. The van der Waals surface area contributed by atoms with Gasteiger partial charge in [0.2, 0.25) is 0 Å². The van der Waals surface area contributed by atoms with E-state index in [2.05, 4.69) is 10.5 Å². The number of anilines is 2. The summed E-state index contributed by atoms with van der Waals surface area (Å²) in [6.45, 7) is 1.94. The van der Waals surface area contributed by atoms with Crippen LogP contribution in [0.15, 0.2) is 81.6 Å². The van der Waals surface area contributed by atoms with Crippen LogP contribution in [0.5, 0.6) is 11.5 Å². The standard InChI is InChI=1S/C24H23N3O3S/c1-16(17-12-13-20(29-2)21(14-17)30-3)26-25-15-24(28)27-18-8-4-6-10-22(18)31-23-11-7-5-9-19(23)27/h4-14,25H,15H2,1-3H3/b26-16+. The second-order valence-corrected chi connectivity index (χ2v) is 7.95. The minimum atomic E-state index is -0.0796. The Morgan fingerprint density at radius 2 is 1.55 bits per heavy atom. The Morgan fingerprint density at radius 1 is 0.935 bits per heavy atom. The highest BCUT2D eigenvalue weighted by atomic mass is 32.2. The van der Waals surface area contributed by atoms with E-state index in [1.807, 2.05) is 73.7 Å². The molecule has 158 valence electrons. The number of hydrogen-bond donors (Lipinski definition) is 1. The van der Waals surface area contributed by atoms with Gasteiger partial charge in [0, 0.05) is 15.4 Å². The van der Waals surface area contributed by atoms with Gasteiger partial charge in [0.05, 0.1) is 31.3 Å². The van der Waals surface area contributed by atoms with Crippen molar-refractivity contribution < 1.29 is 14.3 Å². The molecule has 0 unspecified atom stereocenters. The Morgan fingerprint density at radius 3 is 2.16 bits per heavy atom. The summed E-state index contributed by atoms with van der Waals surface area (Å²) in [6, 6.07) is 21.4. The first-order valence-corrected chi connectivity index (χ1v) is 10.6. The number of para-hydroxylation sites is 2. The normalized spacial score (nSPS) is 12.6. The quantitative estimate of drug-likeness (QED) is 0.445. The van der Waals surface area contributed by atoms with Gasteiger partial charge in [-0.05, 0) is 49.4 Å². The lowest BCUT2D eigenvalue weighted by Crippen LogP contribution is -2.35. The van der Waals surface area contributed by atoms with Crippen molar-refractivity contribution in [3.8, 4) is 11.5 Å². The van der Waals surface area contributed by atoms with Crippen molar-refractivity contribution in [1.29, 1.82) is 0 Å². The summed E-state index contributed by atoms with van der Waals surface area (Å²) >= 11 is 1.67. The molecule has 1 N–H and O–H groups in total. The molecular weight excluding hydrogens is 410 g/mol. The topological polar surface area (TPSA) is 63.2 Å². The molecule has 0 atom stereocenters. The number of carbonyl (C=O) groups is 1. The molecular formula is C24H23N3O3S. The van der Waals surface area contributed by atoms with E-state index in [9.17, 15) is 4.79 Å². The Labute approximate surface area is 185 Å². The van der Waals surface area contributed by atoms with Gasteiger partial charge in [-0.2, -0.15) is 5.10 Å². The fourth-order valence-electron chi connectivity index (χ4n) is 3.40. The molecule has 0 saturated carbocycles. The highest BCUT2D eigenvalue weighted by Crippen LogP contribution is 2.47. The molecule has 3 aromatic carbocycles. The van der Waals surface area contributed by atoms with E-state index in [4.69, 9.17) is 9.47 Å². The number of hydrogen-bond acceptors (Lipinski definition) is 6. The minimum Gasteiger partial charge on any atom is -0.493 e. The fraction of sp³-hybridized carbons (Fsp3) is 0.167. The number of benzene rings is 3. The van der Waals surface area contributed by atoms with Gasteiger partial charge in [-0.3, -0.25) is 9.69 Å². The summed E-state index contributed by atoms with van der Waals surface area (Å²) in [5.74, 6) is 1.20. The monoisotopic (exact) mass is 433 g/mol. The maximum Gasteiger partial charge on any atom is 0.252 e. The van der Waals surface area contributed by atoms with Crippen LogP contribution in [-0.4, -0.2) is 32.4 Å². The van der Waals surface area contributed by atoms with Crippen molar-refractivity contribution in [2.45, 2.75) is 16.7 Å². The third-order valence-electron chi connectivity index (χ3n) is 4.96. The molecule has 0 bridgehead atoms. The van der Waals surface area contributed by atoms with Crippen LogP contribution in [0, 0.1) is 0 Å². The Balaban J connectivity index is 1.52. The molecule has 0 aromatic heterocycles. The average molecular weight is 434 g/mol. The van der Waals surface area contributed by atoms with E-state index < -0.39 is 0 Å². The Bertz CT molecular complexity index is 1100. The number of fused-ring (bicyclic) bond motifs is 2. The van der Waals surface area contributed by atoms with Crippen molar-refractivity contribution in [2.75, 3.05) is 25.7 Å². The van der Waals surface area contributed by atoms with Gasteiger partial charge in [0.25, 0.3) is 5.91 Å². The molecule has 0 radical (unpaired) electrons. The molecule has 0 spiro atoms. The van der Waals surface area contributed by atoms with Gasteiger partial charge < -0.3 is 14.9 Å². The summed E-state index contributed by atoms with van der Waals surface area (Å²) in [6.07, 6.45) is 0. The number of hydrazone groups is 1. The molecule has 6 nitrogen and oxygen atoms in total. The maximum atomic E-state index is 13.2. The molecule has 3 aromatic rings. The van der Waals surface area contributed by atoms with Crippen molar-refractivity contribution >= 4 is 34.8 Å². The van der Waals surface area contributed by atoms with Crippen LogP contribution in [0.4, 0.5) is 11.4 Å². The molecule has 1 aliphatic heterocycles. The van der Waals surface area contributed by atoms with Gasteiger partial charge in [-0.15, -0.1) is 0 Å². The molecule has 0 aliphatic carbocycles. The Hall–Kier alpha value is -3.45. The van der Waals surface area contributed by atoms with Crippen LogP contribution in [0.3, 0.4) is 0 Å². The number of rotatable bonds is 6. The zero-order valence-electron chi connectivity index (χ0n) is 17.6. The average Bonchev–Trinajstić information content (AvgIpc) is 2.81. The van der Waals surface area contributed by atoms with Crippen LogP contribution in [-0.2, 0) is 4.79 Å². The number of ether oxygens (including phenoxy) is 2. The lowest BCUT2D eigenvalue weighted by atomic mass is 10.1. The summed E-state index contributed by atoms with van der Waals surface area (Å²) in [5, 5.41) is 4.39.